The topological polar surface area (TPSA) is 74.7 Å². The highest BCUT2D eigenvalue weighted by molar-refractivity contribution is 6.34. The summed E-state index contributed by atoms with van der Waals surface area (Å²) in [5, 5.41) is 9.54. The van der Waals surface area contributed by atoms with Crippen LogP contribution in [0.5, 0.6) is 0 Å². The first-order valence-corrected chi connectivity index (χ1v) is 12.6. The fourth-order valence-corrected chi connectivity index (χ4v) is 6.31. The predicted molar refractivity (Wildman–Crippen MR) is 142 cm³/mol. The van der Waals surface area contributed by atoms with Gasteiger partial charge < -0.3 is 5.11 Å². The Morgan fingerprint density at radius 1 is 0.784 bits per heavy atom. The summed E-state index contributed by atoms with van der Waals surface area (Å²) in [6.07, 6.45) is 4.12. The number of benzene rings is 3. The molecular formula is C31H24ClNO4. The van der Waals surface area contributed by atoms with Crippen molar-refractivity contribution in [3.8, 4) is 0 Å². The van der Waals surface area contributed by atoms with Crippen molar-refractivity contribution in [2.45, 2.75) is 13.8 Å². The number of hydrogen-bond donors (Lipinski definition) is 1. The van der Waals surface area contributed by atoms with Gasteiger partial charge in [0.25, 0.3) is 0 Å². The van der Waals surface area contributed by atoms with E-state index in [1.165, 1.54) is 18.2 Å². The fraction of sp³-hybridized carbons (Fsp3) is 0.194. The number of carbonyl (C=O) groups excluding carboxylic acids is 2. The molecule has 4 unspecified atom stereocenters. The van der Waals surface area contributed by atoms with E-state index in [1.54, 1.807) is 0 Å². The van der Waals surface area contributed by atoms with Crippen molar-refractivity contribution in [3.05, 3.63) is 117 Å². The molecule has 6 rings (SSSR count). The zero-order chi connectivity index (χ0) is 26.0. The van der Waals surface area contributed by atoms with Gasteiger partial charge in [0.1, 0.15) is 0 Å². The number of carboxylic acid groups (broad SMARTS) is 1. The van der Waals surface area contributed by atoms with E-state index in [0.29, 0.717) is 0 Å². The quantitative estimate of drug-likeness (QED) is 0.342. The second-order valence-electron chi connectivity index (χ2n) is 10.0. The lowest BCUT2D eigenvalue weighted by molar-refractivity contribution is -0.122. The molecule has 2 amide bonds. The van der Waals surface area contributed by atoms with Crippen LogP contribution in [0.4, 0.5) is 5.69 Å². The third kappa shape index (κ3) is 3.57. The minimum Gasteiger partial charge on any atom is -0.478 e. The molecule has 1 saturated carbocycles. The number of nitrogens with zero attached hydrogens (tertiary/aromatic N) is 1. The minimum atomic E-state index is -1.21. The average molecular weight is 510 g/mol. The van der Waals surface area contributed by atoms with Gasteiger partial charge in [-0.1, -0.05) is 83.4 Å². The highest BCUT2D eigenvalue weighted by Crippen LogP contribution is 2.59. The van der Waals surface area contributed by atoms with Crippen LogP contribution in [-0.4, -0.2) is 22.9 Å². The van der Waals surface area contributed by atoms with Gasteiger partial charge in [-0.15, -0.1) is 0 Å². The molecule has 0 radical (unpaired) electrons. The number of carboxylic acids is 1. The number of rotatable bonds is 4. The zero-order valence-electron chi connectivity index (χ0n) is 20.3. The van der Waals surface area contributed by atoms with Gasteiger partial charge in [-0.2, -0.15) is 0 Å². The standard InChI is InChI=1S/C31H24ClNO4/c1-16-3-7-18(8-4-16)25(19-9-5-17(2)6-10-19)26-21-12-13-22(26)28-27(21)29(34)33(30(28)35)20-11-14-24(32)23(15-20)31(36)37/h3-15,21-22,27-28H,1-2H3,(H,36,37). The van der Waals surface area contributed by atoms with Gasteiger partial charge in [-0.3, -0.25) is 9.59 Å². The SMILES string of the molecule is Cc1ccc(C(=C2C3C=CC2C2C(=O)N(c4ccc(Cl)c(C(=O)O)c4)C(=O)C32)c2ccc(C)cc2)cc1. The molecule has 2 bridgehead atoms. The maximum absolute atomic E-state index is 13.8. The molecule has 1 heterocycles. The van der Waals surface area contributed by atoms with Crippen LogP contribution in [0.15, 0.2) is 84.5 Å². The minimum absolute atomic E-state index is 0.0586. The second-order valence-corrected chi connectivity index (χ2v) is 10.4. The van der Waals surface area contributed by atoms with Gasteiger partial charge in [0.05, 0.1) is 28.1 Å². The third-order valence-electron chi connectivity index (χ3n) is 7.82. The Labute approximate surface area is 219 Å². The van der Waals surface area contributed by atoms with Crippen molar-refractivity contribution in [2.75, 3.05) is 4.90 Å². The number of hydrogen-bond acceptors (Lipinski definition) is 3. The van der Waals surface area contributed by atoms with E-state index in [2.05, 4.69) is 60.7 Å². The summed E-state index contributed by atoms with van der Waals surface area (Å²) in [6, 6.07) is 21.0. The van der Waals surface area contributed by atoms with Crippen molar-refractivity contribution in [2.24, 2.45) is 23.7 Å². The van der Waals surface area contributed by atoms with Gasteiger partial charge >= 0.3 is 5.97 Å². The number of anilines is 1. The zero-order valence-corrected chi connectivity index (χ0v) is 21.1. The van der Waals surface area contributed by atoms with Crippen LogP contribution in [0.3, 0.4) is 0 Å². The van der Waals surface area contributed by atoms with Gasteiger partial charge in [-0.05, 0) is 54.3 Å². The largest absolute Gasteiger partial charge is 0.478 e. The molecule has 184 valence electrons. The summed E-state index contributed by atoms with van der Waals surface area (Å²) in [4.78, 5) is 40.3. The number of imide groups is 1. The van der Waals surface area contributed by atoms with Crippen molar-refractivity contribution in [1.29, 1.82) is 0 Å². The highest BCUT2D eigenvalue weighted by Gasteiger charge is 2.62. The summed E-state index contributed by atoms with van der Waals surface area (Å²) >= 11 is 6.03. The highest BCUT2D eigenvalue weighted by atomic mass is 35.5. The normalized spacial score (nSPS) is 23.6. The molecule has 3 aromatic rings. The Bertz CT molecular complexity index is 1450. The van der Waals surface area contributed by atoms with E-state index in [1.807, 2.05) is 13.8 Å². The monoisotopic (exact) mass is 509 g/mol. The van der Waals surface area contributed by atoms with Gasteiger partial charge in [0, 0.05) is 11.8 Å². The molecule has 4 atom stereocenters. The average Bonchev–Trinajstić information content (AvgIpc) is 3.51. The molecule has 6 heteroatoms. The van der Waals surface area contributed by atoms with E-state index < -0.39 is 17.8 Å². The van der Waals surface area contributed by atoms with Crippen LogP contribution < -0.4 is 4.90 Å². The van der Waals surface area contributed by atoms with Crippen LogP contribution >= 0.6 is 11.6 Å². The lowest BCUT2D eigenvalue weighted by Crippen LogP contribution is -2.33. The summed E-state index contributed by atoms with van der Waals surface area (Å²) < 4.78 is 0. The number of amides is 2. The van der Waals surface area contributed by atoms with E-state index in [9.17, 15) is 19.5 Å². The van der Waals surface area contributed by atoms with Gasteiger partial charge in [0.15, 0.2) is 0 Å². The number of carbonyl (C=O) groups is 3. The number of fused-ring (bicyclic) bond motifs is 5. The van der Waals surface area contributed by atoms with Crippen molar-refractivity contribution >= 4 is 40.6 Å². The van der Waals surface area contributed by atoms with E-state index in [4.69, 9.17) is 11.6 Å². The van der Waals surface area contributed by atoms with Gasteiger partial charge in [-0.25, -0.2) is 9.69 Å². The summed E-state index contributed by atoms with van der Waals surface area (Å²) in [5.74, 6) is -3.26. The lowest BCUT2D eigenvalue weighted by Gasteiger charge is -2.22. The van der Waals surface area contributed by atoms with E-state index in [-0.39, 0.29) is 39.9 Å². The van der Waals surface area contributed by atoms with E-state index >= 15 is 0 Å². The first-order chi connectivity index (χ1) is 17.8. The van der Waals surface area contributed by atoms with Crippen LogP contribution in [0.1, 0.15) is 32.6 Å². The summed E-state index contributed by atoms with van der Waals surface area (Å²) in [7, 11) is 0. The maximum atomic E-state index is 13.8. The molecule has 0 aromatic heterocycles. The molecular weight excluding hydrogens is 486 g/mol. The van der Waals surface area contributed by atoms with Crippen molar-refractivity contribution in [1.82, 2.24) is 0 Å². The molecule has 1 N–H and O–H groups in total. The van der Waals surface area contributed by atoms with E-state index in [0.717, 1.165) is 38.3 Å². The Kier molecular flexibility index (Phi) is 5.42. The first kappa shape index (κ1) is 23.4. The van der Waals surface area contributed by atoms with Crippen LogP contribution in [0.25, 0.3) is 5.57 Å². The summed E-state index contributed by atoms with van der Waals surface area (Å²) in [5.41, 5.74) is 6.71. The number of allylic oxidation sites excluding steroid dienone is 3. The molecule has 5 nitrogen and oxygen atoms in total. The molecule has 3 aromatic carbocycles. The first-order valence-electron chi connectivity index (χ1n) is 12.2. The van der Waals surface area contributed by atoms with Crippen molar-refractivity contribution in [3.63, 3.8) is 0 Å². The van der Waals surface area contributed by atoms with Crippen molar-refractivity contribution < 1.29 is 19.5 Å². The molecule has 37 heavy (non-hydrogen) atoms. The number of aromatic carboxylic acids is 1. The maximum Gasteiger partial charge on any atom is 0.337 e. The van der Waals surface area contributed by atoms with Gasteiger partial charge in [0.2, 0.25) is 11.8 Å². The smallest absolute Gasteiger partial charge is 0.337 e. The molecule has 3 aliphatic rings. The molecule has 0 spiro atoms. The Morgan fingerprint density at radius 3 is 1.73 bits per heavy atom. The van der Waals surface area contributed by atoms with Crippen LogP contribution in [0.2, 0.25) is 5.02 Å². The molecule has 1 saturated heterocycles. The lowest BCUT2D eigenvalue weighted by atomic mass is 9.85. The summed E-state index contributed by atoms with van der Waals surface area (Å²) in [6.45, 7) is 4.10. The molecule has 2 fully saturated rings. The fourth-order valence-electron chi connectivity index (χ4n) is 6.11. The third-order valence-corrected chi connectivity index (χ3v) is 8.15. The van der Waals surface area contributed by atoms with Crippen LogP contribution in [-0.2, 0) is 9.59 Å². The molecule has 1 aliphatic heterocycles. The Balaban J connectivity index is 1.46. The Hall–Kier alpha value is -3.96. The predicted octanol–water partition coefficient (Wildman–Crippen LogP) is 6.08. The van der Waals surface area contributed by atoms with Crippen LogP contribution in [0, 0.1) is 37.5 Å². The molecule has 2 aliphatic carbocycles. The number of halogens is 1. The second kappa shape index (κ2) is 8.56. The Morgan fingerprint density at radius 2 is 1.27 bits per heavy atom. The number of aryl methyl sites for hydroxylation is 2.